The van der Waals surface area contributed by atoms with Crippen molar-refractivity contribution in [3.8, 4) is 0 Å². The number of carbonyl (C=O) groups is 1. The van der Waals surface area contributed by atoms with Crippen LogP contribution in [0.2, 0.25) is 0 Å². The van der Waals surface area contributed by atoms with Gasteiger partial charge >= 0.3 is 0 Å². The number of carbonyl (C=O) groups excluding carboxylic acids is 1. The number of aromatic nitrogens is 2. The molecule has 1 fully saturated rings. The first-order valence-electron chi connectivity index (χ1n) is 10.4. The summed E-state index contributed by atoms with van der Waals surface area (Å²) in [5.74, 6) is 0.787. The molecule has 1 unspecified atom stereocenters. The Balaban J connectivity index is 1.62. The molecule has 30 heavy (non-hydrogen) atoms. The second kappa shape index (κ2) is 9.14. The van der Waals surface area contributed by atoms with Gasteiger partial charge in [-0.05, 0) is 42.7 Å². The summed E-state index contributed by atoms with van der Waals surface area (Å²) in [5.41, 5.74) is 3.58. The SMILES string of the molecule is CN(C(=O)c1ccc(C(C=S)n2c(C=S)nc3ccccc32)cc1)C1CCCCC1. The Labute approximate surface area is 187 Å². The van der Waals surface area contributed by atoms with Crippen molar-refractivity contribution >= 4 is 52.1 Å². The van der Waals surface area contributed by atoms with E-state index in [1.54, 1.807) is 10.7 Å². The predicted octanol–water partition coefficient (Wildman–Crippen LogP) is 5.38. The second-order valence-electron chi connectivity index (χ2n) is 7.86. The number of rotatable bonds is 6. The van der Waals surface area contributed by atoms with Crippen molar-refractivity contribution in [1.29, 1.82) is 0 Å². The minimum absolute atomic E-state index is 0.0833. The lowest BCUT2D eigenvalue weighted by atomic mass is 9.94. The molecule has 1 atom stereocenters. The Morgan fingerprint density at radius 3 is 2.47 bits per heavy atom. The van der Waals surface area contributed by atoms with Crippen LogP contribution in [0.3, 0.4) is 0 Å². The zero-order valence-corrected chi connectivity index (χ0v) is 18.7. The van der Waals surface area contributed by atoms with Crippen LogP contribution < -0.4 is 0 Å². The molecule has 6 heteroatoms. The van der Waals surface area contributed by atoms with E-state index in [-0.39, 0.29) is 11.9 Å². The van der Waals surface area contributed by atoms with E-state index < -0.39 is 0 Å². The van der Waals surface area contributed by atoms with Crippen molar-refractivity contribution in [2.24, 2.45) is 0 Å². The van der Waals surface area contributed by atoms with Gasteiger partial charge in [-0.3, -0.25) is 4.79 Å². The van der Waals surface area contributed by atoms with Gasteiger partial charge in [-0.1, -0.05) is 68.0 Å². The number of hydrogen-bond acceptors (Lipinski definition) is 4. The molecule has 2 aromatic carbocycles. The first-order valence-corrected chi connectivity index (χ1v) is 11.3. The molecule has 0 bridgehead atoms. The third kappa shape index (κ3) is 3.94. The molecule has 3 aromatic rings. The summed E-state index contributed by atoms with van der Waals surface area (Å²) in [5, 5.41) is 3.31. The zero-order valence-electron chi connectivity index (χ0n) is 17.0. The van der Waals surface area contributed by atoms with Crippen molar-refractivity contribution in [3.05, 3.63) is 65.5 Å². The number of nitrogens with zero attached hydrogens (tertiary/aromatic N) is 3. The van der Waals surface area contributed by atoms with Crippen molar-refractivity contribution in [2.75, 3.05) is 7.05 Å². The highest BCUT2D eigenvalue weighted by Crippen LogP contribution is 2.27. The maximum atomic E-state index is 13.0. The largest absolute Gasteiger partial charge is 0.339 e. The molecule has 0 N–H and O–H groups in total. The second-order valence-corrected chi connectivity index (χ2v) is 8.37. The zero-order chi connectivity index (χ0) is 21.1. The van der Waals surface area contributed by atoms with Gasteiger partial charge in [0.1, 0.15) is 5.82 Å². The Bertz CT molecular complexity index is 1070. The van der Waals surface area contributed by atoms with Crippen LogP contribution in [0.4, 0.5) is 0 Å². The summed E-state index contributed by atoms with van der Waals surface area (Å²) in [6.07, 6.45) is 5.89. The fraction of sp³-hybridized carbons (Fsp3) is 0.333. The summed E-state index contributed by atoms with van der Waals surface area (Å²) < 4.78 is 2.06. The number of amides is 1. The standard InChI is InChI=1S/C24H25N3OS2/c1-26(19-7-3-2-4-8-19)24(28)18-13-11-17(12-14-18)22(15-29)27-21-10-6-5-9-20(21)25-23(27)16-30/h5-6,9-16,19,22H,2-4,7-8H2,1H3. The van der Waals surface area contributed by atoms with Gasteiger partial charge in [0.2, 0.25) is 0 Å². The van der Waals surface area contributed by atoms with E-state index in [1.807, 2.05) is 60.5 Å². The molecule has 0 spiro atoms. The van der Waals surface area contributed by atoms with Crippen LogP contribution in [0.15, 0.2) is 48.5 Å². The lowest BCUT2D eigenvalue weighted by Crippen LogP contribution is -2.38. The molecule has 1 saturated carbocycles. The Morgan fingerprint density at radius 1 is 1.10 bits per heavy atom. The fourth-order valence-corrected chi connectivity index (χ4v) is 4.83. The molecule has 1 aliphatic rings. The minimum atomic E-state index is -0.193. The molecule has 4 rings (SSSR count). The van der Waals surface area contributed by atoms with Gasteiger partial charge in [0.15, 0.2) is 0 Å². The monoisotopic (exact) mass is 435 g/mol. The smallest absolute Gasteiger partial charge is 0.253 e. The molecule has 1 aromatic heterocycles. The van der Waals surface area contributed by atoms with E-state index in [1.165, 1.54) is 19.3 Å². The highest BCUT2D eigenvalue weighted by Gasteiger charge is 2.23. The van der Waals surface area contributed by atoms with Gasteiger partial charge in [0, 0.05) is 29.4 Å². The lowest BCUT2D eigenvalue weighted by Gasteiger charge is -2.31. The van der Waals surface area contributed by atoms with Gasteiger partial charge in [-0.25, -0.2) is 4.98 Å². The Hall–Kier alpha value is -2.44. The van der Waals surface area contributed by atoms with Gasteiger partial charge in [0.25, 0.3) is 5.91 Å². The van der Waals surface area contributed by atoms with Crippen LogP contribution in [-0.2, 0) is 0 Å². The summed E-state index contributed by atoms with van der Waals surface area (Å²) in [4.78, 5) is 19.5. The van der Waals surface area contributed by atoms with Gasteiger partial charge in [-0.2, -0.15) is 0 Å². The maximum Gasteiger partial charge on any atom is 0.253 e. The van der Waals surface area contributed by atoms with Crippen LogP contribution >= 0.6 is 24.4 Å². The average molecular weight is 436 g/mol. The van der Waals surface area contributed by atoms with Gasteiger partial charge in [0.05, 0.1) is 17.1 Å². The highest BCUT2D eigenvalue weighted by atomic mass is 32.1. The first kappa shape index (κ1) is 20.8. The van der Waals surface area contributed by atoms with Crippen LogP contribution in [-0.4, -0.2) is 44.2 Å². The molecular formula is C24H25N3OS2. The Morgan fingerprint density at radius 2 is 1.80 bits per heavy atom. The number of thiocarbonyl (C=S) groups is 2. The van der Waals surface area contributed by atoms with Gasteiger partial charge in [-0.15, -0.1) is 0 Å². The predicted molar refractivity (Wildman–Crippen MR) is 130 cm³/mol. The molecule has 1 heterocycles. The third-order valence-corrected chi connectivity index (χ3v) is 6.55. The summed E-state index contributed by atoms with van der Waals surface area (Å²) in [7, 11) is 1.93. The van der Waals surface area contributed by atoms with Gasteiger partial charge < -0.3 is 9.47 Å². The van der Waals surface area contributed by atoms with Crippen LogP contribution in [0.1, 0.15) is 59.9 Å². The number of imidazole rings is 1. The molecule has 154 valence electrons. The minimum Gasteiger partial charge on any atom is -0.339 e. The van der Waals surface area contributed by atoms with E-state index >= 15 is 0 Å². The molecule has 1 amide bonds. The van der Waals surface area contributed by atoms with E-state index in [0.717, 1.165) is 29.4 Å². The quantitative estimate of drug-likeness (QED) is 0.487. The van der Waals surface area contributed by atoms with Crippen molar-refractivity contribution in [3.63, 3.8) is 0 Å². The van der Waals surface area contributed by atoms with E-state index in [2.05, 4.69) is 9.55 Å². The third-order valence-electron chi connectivity index (χ3n) is 6.08. The topological polar surface area (TPSA) is 38.1 Å². The summed E-state index contributed by atoms with van der Waals surface area (Å²) >= 11 is 10.6. The van der Waals surface area contributed by atoms with Crippen molar-refractivity contribution in [1.82, 2.24) is 14.5 Å². The fourth-order valence-electron chi connectivity index (χ4n) is 4.39. The van der Waals surface area contributed by atoms with Crippen molar-refractivity contribution < 1.29 is 4.79 Å². The average Bonchev–Trinajstić information content (AvgIpc) is 3.18. The van der Waals surface area contributed by atoms with E-state index in [4.69, 9.17) is 24.4 Å². The number of fused-ring (bicyclic) bond motifs is 1. The number of para-hydroxylation sites is 2. The Kier molecular flexibility index (Phi) is 6.35. The molecule has 1 aliphatic carbocycles. The summed E-state index contributed by atoms with van der Waals surface area (Å²) in [6.45, 7) is 0. The number of hydrogen-bond donors (Lipinski definition) is 0. The van der Waals surface area contributed by atoms with Crippen LogP contribution in [0.5, 0.6) is 0 Å². The van der Waals surface area contributed by atoms with E-state index in [9.17, 15) is 4.79 Å². The molecule has 0 saturated heterocycles. The normalized spacial score (nSPS) is 15.6. The van der Waals surface area contributed by atoms with E-state index in [0.29, 0.717) is 17.4 Å². The molecule has 4 nitrogen and oxygen atoms in total. The molecular weight excluding hydrogens is 410 g/mol. The number of benzene rings is 2. The highest BCUT2D eigenvalue weighted by molar-refractivity contribution is 7.79. The maximum absolute atomic E-state index is 13.0. The first-order chi connectivity index (χ1) is 14.6. The van der Waals surface area contributed by atoms with Crippen LogP contribution in [0, 0.1) is 0 Å². The van der Waals surface area contributed by atoms with Crippen molar-refractivity contribution in [2.45, 2.75) is 44.2 Å². The molecule has 0 radical (unpaired) electrons. The lowest BCUT2D eigenvalue weighted by molar-refractivity contribution is 0.0696. The summed E-state index contributed by atoms with van der Waals surface area (Å²) in [6, 6.07) is 15.9. The van der Waals surface area contributed by atoms with Crippen LogP contribution in [0.25, 0.3) is 11.0 Å². The molecule has 0 aliphatic heterocycles.